The number of benzene rings is 1. The summed E-state index contributed by atoms with van der Waals surface area (Å²) in [6.45, 7) is 10.1. The van der Waals surface area contributed by atoms with Gasteiger partial charge in [-0.05, 0) is 43.4 Å². The smallest absolute Gasteiger partial charge is 0.245 e. The number of morpholine rings is 1. The summed E-state index contributed by atoms with van der Waals surface area (Å²) in [7, 11) is 0. The van der Waals surface area contributed by atoms with Crippen molar-refractivity contribution in [1.82, 2.24) is 20.1 Å². The second-order valence-electron chi connectivity index (χ2n) is 9.79. The van der Waals surface area contributed by atoms with E-state index in [1.54, 1.807) is 0 Å². The molecule has 4 rings (SSSR count). The van der Waals surface area contributed by atoms with E-state index < -0.39 is 6.04 Å². The third-order valence-electron chi connectivity index (χ3n) is 7.12. The van der Waals surface area contributed by atoms with Crippen molar-refractivity contribution >= 4 is 22.7 Å². The van der Waals surface area contributed by atoms with Crippen LogP contribution in [0.5, 0.6) is 0 Å². The Morgan fingerprint density at radius 1 is 1.12 bits per heavy atom. The fraction of sp³-hybridized carbons (Fsp3) is 0.615. The molecule has 2 amide bonds. The molecule has 2 aliphatic rings. The third kappa shape index (κ3) is 6.15. The molecule has 7 heteroatoms. The highest BCUT2D eigenvalue weighted by atomic mass is 16.5. The third-order valence-corrected chi connectivity index (χ3v) is 7.12. The fourth-order valence-electron chi connectivity index (χ4n) is 4.91. The Kier molecular flexibility index (Phi) is 8.04. The molecule has 180 valence electrons. The minimum absolute atomic E-state index is 0.0425. The predicted octanol–water partition coefficient (Wildman–Crippen LogP) is 2.81. The number of para-hydroxylation sites is 1. The quantitative estimate of drug-likeness (QED) is 0.643. The van der Waals surface area contributed by atoms with Gasteiger partial charge in [-0.25, -0.2) is 0 Å². The molecule has 2 N–H and O–H groups in total. The zero-order valence-corrected chi connectivity index (χ0v) is 20.0. The van der Waals surface area contributed by atoms with Crippen LogP contribution in [0.4, 0.5) is 0 Å². The van der Waals surface area contributed by atoms with Gasteiger partial charge in [0.1, 0.15) is 6.04 Å². The number of amides is 2. The van der Waals surface area contributed by atoms with Crippen molar-refractivity contribution in [2.45, 2.75) is 45.6 Å². The molecule has 2 aliphatic heterocycles. The van der Waals surface area contributed by atoms with E-state index in [0.29, 0.717) is 12.3 Å². The summed E-state index contributed by atoms with van der Waals surface area (Å²) < 4.78 is 5.44. The molecule has 1 atom stereocenters. The highest BCUT2D eigenvalue weighted by Gasteiger charge is 2.30. The lowest BCUT2D eigenvalue weighted by atomic mass is 9.92. The number of aromatic amines is 1. The van der Waals surface area contributed by atoms with Gasteiger partial charge in [-0.15, -0.1) is 0 Å². The molecule has 0 radical (unpaired) electrons. The van der Waals surface area contributed by atoms with Gasteiger partial charge in [0.15, 0.2) is 0 Å². The number of H-pyrrole nitrogens is 1. The summed E-state index contributed by atoms with van der Waals surface area (Å²) in [6.07, 6.45) is 5.72. The molecule has 3 heterocycles. The molecule has 2 fully saturated rings. The Hall–Kier alpha value is -2.38. The first-order valence-corrected chi connectivity index (χ1v) is 12.5. The first-order chi connectivity index (χ1) is 16.0. The molecule has 0 bridgehead atoms. The van der Waals surface area contributed by atoms with Crippen LogP contribution in [0.3, 0.4) is 0 Å². The molecule has 2 aromatic rings. The fourth-order valence-corrected chi connectivity index (χ4v) is 4.91. The monoisotopic (exact) mass is 454 g/mol. The van der Waals surface area contributed by atoms with Gasteiger partial charge in [-0.3, -0.25) is 14.5 Å². The van der Waals surface area contributed by atoms with Gasteiger partial charge in [0.05, 0.1) is 13.2 Å². The van der Waals surface area contributed by atoms with Crippen molar-refractivity contribution in [1.29, 1.82) is 0 Å². The van der Waals surface area contributed by atoms with Crippen LogP contribution >= 0.6 is 0 Å². The molecule has 1 aromatic heterocycles. The average molecular weight is 455 g/mol. The molecule has 33 heavy (non-hydrogen) atoms. The molecule has 1 unspecified atom stereocenters. The Labute approximate surface area is 196 Å². The predicted molar refractivity (Wildman–Crippen MR) is 130 cm³/mol. The van der Waals surface area contributed by atoms with Crippen LogP contribution in [0.2, 0.25) is 0 Å². The Morgan fingerprint density at radius 2 is 1.85 bits per heavy atom. The Morgan fingerprint density at radius 3 is 2.58 bits per heavy atom. The standard InChI is InChI=1S/C26H38N4O3/c1-19(2)25(31)28-24(17-21-18-27-23-6-4-3-5-22(21)23)26(32)30-11-8-20(9-12-30)7-10-29-13-15-33-16-14-29/h3-6,18-20,24,27H,7-17H2,1-2H3,(H,28,31). The maximum absolute atomic E-state index is 13.5. The number of aromatic nitrogens is 1. The summed E-state index contributed by atoms with van der Waals surface area (Å²) in [5.41, 5.74) is 2.11. The van der Waals surface area contributed by atoms with Crippen molar-refractivity contribution in [3.63, 3.8) is 0 Å². The van der Waals surface area contributed by atoms with Crippen LogP contribution in [-0.4, -0.2) is 78.6 Å². The van der Waals surface area contributed by atoms with Gasteiger partial charge in [0, 0.05) is 55.6 Å². The first kappa shape index (κ1) is 23.8. The number of rotatable bonds is 8. The summed E-state index contributed by atoms with van der Waals surface area (Å²) in [4.78, 5) is 33.8. The van der Waals surface area contributed by atoms with Gasteiger partial charge in [0.2, 0.25) is 11.8 Å². The van der Waals surface area contributed by atoms with E-state index in [0.717, 1.165) is 75.2 Å². The van der Waals surface area contributed by atoms with E-state index in [-0.39, 0.29) is 17.7 Å². The molecule has 0 spiro atoms. The van der Waals surface area contributed by atoms with Crippen molar-refractivity contribution in [2.24, 2.45) is 11.8 Å². The highest BCUT2D eigenvalue weighted by molar-refractivity contribution is 5.90. The van der Waals surface area contributed by atoms with Gasteiger partial charge >= 0.3 is 0 Å². The lowest BCUT2D eigenvalue weighted by Gasteiger charge is -2.35. The molecule has 7 nitrogen and oxygen atoms in total. The van der Waals surface area contributed by atoms with E-state index >= 15 is 0 Å². The number of carbonyl (C=O) groups excluding carboxylic acids is 2. The minimum Gasteiger partial charge on any atom is -0.379 e. The van der Waals surface area contributed by atoms with E-state index in [2.05, 4.69) is 21.3 Å². The Bertz CT molecular complexity index is 927. The zero-order chi connectivity index (χ0) is 23.2. The van der Waals surface area contributed by atoms with Crippen LogP contribution in [0, 0.1) is 11.8 Å². The van der Waals surface area contributed by atoms with Crippen molar-refractivity contribution in [2.75, 3.05) is 45.9 Å². The number of carbonyl (C=O) groups is 2. The highest BCUT2D eigenvalue weighted by Crippen LogP contribution is 2.24. The lowest BCUT2D eigenvalue weighted by Crippen LogP contribution is -2.52. The maximum Gasteiger partial charge on any atom is 0.245 e. The summed E-state index contributed by atoms with van der Waals surface area (Å²) >= 11 is 0. The molecule has 1 aromatic carbocycles. The number of nitrogens with one attached hydrogen (secondary N) is 2. The van der Waals surface area contributed by atoms with E-state index in [4.69, 9.17) is 4.74 Å². The van der Waals surface area contributed by atoms with Crippen molar-refractivity contribution in [3.05, 3.63) is 36.0 Å². The summed E-state index contributed by atoms with van der Waals surface area (Å²) in [6, 6.07) is 7.56. The van der Waals surface area contributed by atoms with Gasteiger partial charge < -0.3 is 19.9 Å². The van der Waals surface area contributed by atoms with Crippen LogP contribution in [0.25, 0.3) is 10.9 Å². The number of nitrogens with zero attached hydrogens (tertiary/aromatic N) is 2. The van der Waals surface area contributed by atoms with Crippen molar-refractivity contribution in [3.8, 4) is 0 Å². The zero-order valence-electron chi connectivity index (χ0n) is 20.0. The number of hydrogen-bond acceptors (Lipinski definition) is 4. The number of fused-ring (bicyclic) bond motifs is 1. The molecular formula is C26H38N4O3. The maximum atomic E-state index is 13.5. The topological polar surface area (TPSA) is 77.7 Å². The second kappa shape index (κ2) is 11.2. The summed E-state index contributed by atoms with van der Waals surface area (Å²) in [5.74, 6) is 0.470. The number of ether oxygens (including phenoxy) is 1. The van der Waals surface area contributed by atoms with Crippen molar-refractivity contribution < 1.29 is 14.3 Å². The number of hydrogen-bond donors (Lipinski definition) is 2. The van der Waals surface area contributed by atoms with E-state index in [1.165, 1.54) is 6.42 Å². The first-order valence-electron chi connectivity index (χ1n) is 12.5. The van der Waals surface area contributed by atoms with Crippen LogP contribution in [0.15, 0.2) is 30.5 Å². The molecule has 0 aliphatic carbocycles. The van der Waals surface area contributed by atoms with Gasteiger partial charge in [-0.1, -0.05) is 32.0 Å². The average Bonchev–Trinajstić information content (AvgIpc) is 3.25. The molecule has 0 saturated carbocycles. The SMILES string of the molecule is CC(C)C(=O)NC(Cc1c[nH]c2ccccc12)C(=O)N1CCC(CCN2CCOCC2)CC1. The summed E-state index contributed by atoms with van der Waals surface area (Å²) in [5, 5.41) is 4.14. The number of piperidine rings is 1. The lowest BCUT2D eigenvalue weighted by molar-refractivity contribution is -0.138. The largest absolute Gasteiger partial charge is 0.379 e. The van der Waals surface area contributed by atoms with Crippen LogP contribution in [0.1, 0.15) is 38.7 Å². The Balaban J connectivity index is 1.36. The normalized spacial score (nSPS) is 19.2. The molecule has 2 saturated heterocycles. The van der Waals surface area contributed by atoms with E-state index in [9.17, 15) is 9.59 Å². The minimum atomic E-state index is -0.538. The molecular weight excluding hydrogens is 416 g/mol. The van der Waals surface area contributed by atoms with Gasteiger partial charge in [0.25, 0.3) is 0 Å². The van der Waals surface area contributed by atoms with E-state index in [1.807, 2.05) is 43.1 Å². The van der Waals surface area contributed by atoms with Gasteiger partial charge in [-0.2, -0.15) is 0 Å². The second-order valence-corrected chi connectivity index (χ2v) is 9.79. The van der Waals surface area contributed by atoms with Crippen LogP contribution in [-0.2, 0) is 20.7 Å². The number of likely N-dealkylation sites (tertiary alicyclic amines) is 1. The van der Waals surface area contributed by atoms with Crippen LogP contribution < -0.4 is 5.32 Å².